The van der Waals surface area contributed by atoms with Crippen LogP contribution >= 0.6 is 11.6 Å². The first kappa shape index (κ1) is 21.8. The van der Waals surface area contributed by atoms with E-state index in [0.717, 1.165) is 12.1 Å². The Morgan fingerprint density at radius 1 is 1.12 bits per heavy atom. The molecule has 0 atom stereocenters. The van der Waals surface area contributed by atoms with Crippen molar-refractivity contribution in [2.45, 2.75) is 33.7 Å². The highest BCUT2D eigenvalue weighted by Crippen LogP contribution is 2.25. The minimum atomic E-state index is -0.367. The number of benzene rings is 1. The van der Waals surface area contributed by atoms with Gasteiger partial charge in [0.15, 0.2) is 5.82 Å². The summed E-state index contributed by atoms with van der Waals surface area (Å²) in [6.07, 6.45) is 4.57. The lowest BCUT2D eigenvalue weighted by molar-refractivity contribution is -0.121. The van der Waals surface area contributed by atoms with E-state index in [0.29, 0.717) is 39.9 Å². The molecule has 4 rings (SSSR count). The summed E-state index contributed by atoms with van der Waals surface area (Å²) in [6, 6.07) is 11.0. The molecule has 0 aliphatic carbocycles. The van der Waals surface area contributed by atoms with E-state index in [2.05, 4.69) is 24.3 Å². The van der Waals surface area contributed by atoms with Gasteiger partial charge in [0.2, 0.25) is 5.91 Å². The average Bonchev–Trinajstić information content (AvgIpc) is 3.40. The SMILES string of the molecule is Cc1nn(CC(=O)NCCC(C)C)c(=O)c2c(-n3cccc3)n(-c3ccc(Cl)cc3)nc12. The number of hydrogen-bond donors (Lipinski definition) is 1. The Kier molecular flexibility index (Phi) is 6.14. The van der Waals surface area contributed by atoms with Crippen LogP contribution in [-0.4, -0.2) is 36.6 Å². The highest BCUT2D eigenvalue weighted by Gasteiger charge is 2.22. The number of aryl methyl sites for hydroxylation is 1. The summed E-state index contributed by atoms with van der Waals surface area (Å²) < 4.78 is 4.74. The Bertz CT molecular complexity index is 1300. The van der Waals surface area contributed by atoms with E-state index >= 15 is 0 Å². The first-order chi connectivity index (χ1) is 15.3. The van der Waals surface area contributed by atoms with Crippen LogP contribution in [0.3, 0.4) is 0 Å². The zero-order valence-corrected chi connectivity index (χ0v) is 19.0. The lowest BCUT2D eigenvalue weighted by Crippen LogP contribution is -2.35. The molecule has 0 saturated carbocycles. The molecule has 3 aromatic heterocycles. The maximum absolute atomic E-state index is 13.4. The van der Waals surface area contributed by atoms with Gasteiger partial charge in [-0.05, 0) is 55.7 Å². The van der Waals surface area contributed by atoms with Crippen LogP contribution < -0.4 is 10.9 Å². The van der Waals surface area contributed by atoms with Gasteiger partial charge >= 0.3 is 0 Å². The molecule has 1 aromatic carbocycles. The van der Waals surface area contributed by atoms with Gasteiger partial charge in [-0.3, -0.25) is 9.59 Å². The second-order valence-electron chi connectivity index (χ2n) is 8.11. The van der Waals surface area contributed by atoms with Crippen molar-refractivity contribution in [3.8, 4) is 11.5 Å². The monoisotopic (exact) mass is 452 g/mol. The molecule has 3 heterocycles. The molecule has 32 heavy (non-hydrogen) atoms. The Morgan fingerprint density at radius 3 is 2.47 bits per heavy atom. The number of rotatable bonds is 7. The molecule has 0 radical (unpaired) electrons. The Labute approximate surface area is 190 Å². The maximum Gasteiger partial charge on any atom is 0.280 e. The summed E-state index contributed by atoms with van der Waals surface area (Å²) in [5, 5.41) is 12.9. The number of fused-ring (bicyclic) bond motifs is 1. The van der Waals surface area contributed by atoms with Crippen molar-refractivity contribution in [3.63, 3.8) is 0 Å². The highest BCUT2D eigenvalue weighted by molar-refractivity contribution is 6.30. The highest BCUT2D eigenvalue weighted by atomic mass is 35.5. The van der Waals surface area contributed by atoms with E-state index in [1.54, 1.807) is 23.7 Å². The van der Waals surface area contributed by atoms with Crippen LogP contribution in [0.15, 0.2) is 53.6 Å². The summed E-state index contributed by atoms with van der Waals surface area (Å²) in [4.78, 5) is 25.9. The summed E-state index contributed by atoms with van der Waals surface area (Å²) in [7, 11) is 0. The van der Waals surface area contributed by atoms with Gasteiger partial charge in [-0.25, -0.2) is 9.36 Å². The van der Waals surface area contributed by atoms with Crippen molar-refractivity contribution < 1.29 is 4.79 Å². The van der Waals surface area contributed by atoms with E-state index in [9.17, 15) is 9.59 Å². The fraction of sp³-hybridized carbons (Fsp3) is 0.304. The van der Waals surface area contributed by atoms with Crippen LogP contribution in [0.1, 0.15) is 26.0 Å². The summed E-state index contributed by atoms with van der Waals surface area (Å²) in [5.74, 6) is 0.820. The summed E-state index contributed by atoms with van der Waals surface area (Å²) in [6.45, 7) is 6.39. The number of nitrogens with zero attached hydrogens (tertiary/aromatic N) is 5. The number of carbonyl (C=O) groups excluding carboxylic acids is 1. The van der Waals surface area contributed by atoms with Gasteiger partial charge in [0.05, 0.1) is 11.4 Å². The fourth-order valence-corrected chi connectivity index (χ4v) is 3.66. The molecule has 0 aliphatic heterocycles. The summed E-state index contributed by atoms with van der Waals surface area (Å²) in [5.41, 5.74) is 1.44. The number of halogens is 1. The van der Waals surface area contributed by atoms with E-state index < -0.39 is 0 Å². The van der Waals surface area contributed by atoms with Crippen LogP contribution in [0.2, 0.25) is 5.02 Å². The molecule has 1 amide bonds. The number of nitrogens with one attached hydrogen (secondary N) is 1. The quantitative estimate of drug-likeness (QED) is 0.465. The second kappa shape index (κ2) is 9.00. The lowest BCUT2D eigenvalue weighted by Gasteiger charge is -2.10. The number of aromatic nitrogens is 5. The third kappa shape index (κ3) is 4.31. The first-order valence-corrected chi connectivity index (χ1v) is 10.9. The van der Waals surface area contributed by atoms with Gasteiger partial charge in [0.1, 0.15) is 17.4 Å². The van der Waals surface area contributed by atoms with Crippen molar-refractivity contribution in [2.24, 2.45) is 5.92 Å². The van der Waals surface area contributed by atoms with Gasteiger partial charge in [-0.1, -0.05) is 25.4 Å². The number of hydrogen-bond acceptors (Lipinski definition) is 4. The molecule has 0 bridgehead atoms. The molecule has 9 heteroatoms. The third-order valence-corrected chi connectivity index (χ3v) is 5.43. The van der Waals surface area contributed by atoms with E-state index in [1.165, 1.54) is 4.68 Å². The van der Waals surface area contributed by atoms with Gasteiger partial charge in [-0.2, -0.15) is 10.2 Å². The van der Waals surface area contributed by atoms with Crippen molar-refractivity contribution in [1.82, 2.24) is 29.4 Å². The molecule has 0 spiro atoms. The predicted octanol–water partition coefficient (Wildman–Crippen LogP) is 3.50. The fourth-order valence-electron chi connectivity index (χ4n) is 3.54. The van der Waals surface area contributed by atoms with Crippen LogP contribution in [0.4, 0.5) is 0 Å². The molecular weight excluding hydrogens is 428 g/mol. The Hall–Kier alpha value is -3.39. The first-order valence-electron chi connectivity index (χ1n) is 10.5. The van der Waals surface area contributed by atoms with Crippen molar-refractivity contribution in [1.29, 1.82) is 0 Å². The predicted molar refractivity (Wildman–Crippen MR) is 125 cm³/mol. The average molecular weight is 453 g/mol. The Morgan fingerprint density at radius 2 is 1.81 bits per heavy atom. The van der Waals surface area contributed by atoms with Crippen molar-refractivity contribution >= 4 is 28.4 Å². The second-order valence-corrected chi connectivity index (χ2v) is 8.54. The van der Waals surface area contributed by atoms with Crippen LogP contribution in [0.25, 0.3) is 22.4 Å². The Balaban J connectivity index is 1.83. The van der Waals surface area contributed by atoms with E-state index in [-0.39, 0.29) is 18.0 Å². The molecule has 0 fully saturated rings. The van der Waals surface area contributed by atoms with Gasteiger partial charge in [-0.15, -0.1) is 0 Å². The maximum atomic E-state index is 13.4. The minimum Gasteiger partial charge on any atom is -0.354 e. The topological polar surface area (TPSA) is 86.7 Å². The lowest BCUT2D eigenvalue weighted by atomic mass is 10.1. The molecule has 1 N–H and O–H groups in total. The van der Waals surface area contributed by atoms with Gasteiger partial charge in [0, 0.05) is 24.0 Å². The van der Waals surface area contributed by atoms with Gasteiger partial charge < -0.3 is 9.88 Å². The summed E-state index contributed by atoms with van der Waals surface area (Å²) >= 11 is 6.05. The normalized spacial score (nSPS) is 11.4. The van der Waals surface area contributed by atoms with Gasteiger partial charge in [0.25, 0.3) is 5.56 Å². The van der Waals surface area contributed by atoms with Crippen molar-refractivity contribution in [3.05, 3.63) is 69.9 Å². The van der Waals surface area contributed by atoms with Crippen LogP contribution in [-0.2, 0) is 11.3 Å². The zero-order valence-electron chi connectivity index (χ0n) is 18.2. The zero-order chi connectivity index (χ0) is 22.8. The molecule has 0 saturated heterocycles. The minimum absolute atomic E-state index is 0.148. The molecule has 4 aromatic rings. The third-order valence-electron chi connectivity index (χ3n) is 5.18. The van der Waals surface area contributed by atoms with Crippen molar-refractivity contribution in [2.75, 3.05) is 6.54 Å². The largest absolute Gasteiger partial charge is 0.354 e. The molecule has 0 aliphatic rings. The van der Waals surface area contributed by atoms with E-state index in [1.807, 2.05) is 41.2 Å². The molecular formula is C23H25ClN6O2. The number of amides is 1. The van der Waals surface area contributed by atoms with Crippen LogP contribution in [0, 0.1) is 12.8 Å². The molecule has 8 nitrogen and oxygen atoms in total. The smallest absolute Gasteiger partial charge is 0.280 e. The van der Waals surface area contributed by atoms with Crippen LogP contribution in [0.5, 0.6) is 0 Å². The standard InChI is InChI=1S/C23H25ClN6O2/c1-15(2)10-11-25-19(31)14-29-23(32)20-21(16(3)26-29)27-30(18-8-6-17(24)7-9-18)22(20)28-12-4-5-13-28/h4-9,12-13,15H,10-11,14H2,1-3H3,(H,25,31). The molecule has 166 valence electrons. The number of carbonyl (C=O) groups is 1. The molecule has 0 unspecified atom stereocenters. The van der Waals surface area contributed by atoms with E-state index in [4.69, 9.17) is 16.7 Å².